The molecule has 2 aromatic carbocycles. The lowest BCUT2D eigenvalue weighted by Gasteiger charge is -2.16. The summed E-state index contributed by atoms with van der Waals surface area (Å²) in [5, 5.41) is 17.0. The van der Waals surface area contributed by atoms with E-state index in [1.165, 1.54) is 0 Å². The summed E-state index contributed by atoms with van der Waals surface area (Å²) in [6, 6.07) is 15.1. The first-order valence-corrected chi connectivity index (χ1v) is 9.78. The molecule has 0 bridgehead atoms. The van der Waals surface area contributed by atoms with Gasteiger partial charge in [-0.15, -0.1) is 24.0 Å². The first-order chi connectivity index (χ1) is 14.2. The second-order valence-corrected chi connectivity index (χ2v) is 6.29. The lowest BCUT2D eigenvalue weighted by molar-refractivity contribution is 0.182. The fourth-order valence-corrected chi connectivity index (χ4v) is 2.70. The van der Waals surface area contributed by atoms with Gasteiger partial charge in [-0.1, -0.05) is 18.2 Å². The van der Waals surface area contributed by atoms with E-state index in [-0.39, 0.29) is 30.5 Å². The summed E-state index contributed by atoms with van der Waals surface area (Å²) >= 11 is 0. The first-order valence-electron chi connectivity index (χ1n) is 9.78. The molecule has 1 unspecified atom stereocenters. The number of hydrogen-bond donors (Lipinski definition) is 3. The fraction of sp³-hybridized carbons (Fsp3) is 0.409. The Morgan fingerprint density at radius 2 is 1.80 bits per heavy atom. The number of rotatable bonds is 11. The fourth-order valence-electron chi connectivity index (χ4n) is 2.70. The Bertz CT molecular complexity index is 759. The van der Waals surface area contributed by atoms with Gasteiger partial charge in [-0.3, -0.25) is 4.99 Å². The van der Waals surface area contributed by atoms with Crippen molar-refractivity contribution in [2.75, 3.05) is 40.5 Å². The van der Waals surface area contributed by atoms with Gasteiger partial charge in [-0.2, -0.15) is 0 Å². The zero-order chi connectivity index (χ0) is 20.9. The number of aliphatic imine (C=N–C) groups is 1. The Labute approximate surface area is 195 Å². The summed E-state index contributed by atoms with van der Waals surface area (Å²) in [5.41, 5.74) is 0.641. The molecule has 8 heteroatoms. The quantitative estimate of drug-likeness (QED) is 0.179. The van der Waals surface area contributed by atoms with Gasteiger partial charge >= 0.3 is 0 Å². The molecule has 2 aromatic rings. The third kappa shape index (κ3) is 8.66. The number of benzene rings is 2. The van der Waals surface area contributed by atoms with E-state index in [0.717, 1.165) is 18.7 Å². The third-order valence-electron chi connectivity index (χ3n) is 4.19. The Kier molecular flexibility index (Phi) is 12.7. The molecule has 2 rings (SSSR count). The molecule has 30 heavy (non-hydrogen) atoms. The number of hydrogen-bond acceptors (Lipinski definition) is 5. The molecule has 0 saturated carbocycles. The van der Waals surface area contributed by atoms with Crippen LogP contribution in [0.4, 0.5) is 0 Å². The predicted octanol–water partition coefficient (Wildman–Crippen LogP) is 3.38. The van der Waals surface area contributed by atoms with Crippen molar-refractivity contribution < 1.29 is 19.3 Å². The summed E-state index contributed by atoms with van der Waals surface area (Å²) in [5.74, 6) is 2.77. The lowest BCUT2D eigenvalue weighted by atomic mass is 10.1. The molecule has 0 fully saturated rings. The molecule has 1 atom stereocenters. The van der Waals surface area contributed by atoms with E-state index in [1.54, 1.807) is 32.4 Å². The summed E-state index contributed by atoms with van der Waals surface area (Å²) in [4.78, 5) is 4.48. The Morgan fingerprint density at radius 1 is 1.03 bits per heavy atom. The number of nitrogens with one attached hydrogen (secondary N) is 2. The maximum absolute atomic E-state index is 10.6. The number of para-hydroxylation sites is 1. The monoisotopic (exact) mass is 529 g/mol. The molecule has 0 amide bonds. The number of guanidine groups is 1. The van der Waals surface area contributed by atoms with Crippen LogP contribution in [0.25, 0.3) is 0 Å². The third-order valence-corrected chi connectivity index (χ3v) is 4.19. The van der Waals surface area contributed by atoms with Crippen molar-refractivity contribution in [3.63, 3.8) is 0 Å². The van der Waals surface area contributed by atoms with Gasteiger partial charge in [-0.25, -0.2) is 0 Å². The molecular weight excluding hydrogens is 497 g/mol. The van der Waals surface area contributed by atoms with Gasteiger partial charge in [0.2, 0.25) is 0 Å². The van der Waals surface area contributed by atoms with E-state index in [0.29, 0.717) is 36.2 Å². The minimum absolute atomic E-state index is 0. The van der Waals surface area contributed by atoms with Crippen LogP contribution >= 0.6 is 24.0 Å². The molecular formula is C22H32IN3O4. The van der Waals surface area contributed by atoms with Crippen molar-refractivity contribution in [2.45, 2.75) is 19.4 Å². The molecule has 0 aliphatic carbocycles. The van der Waals surface area contributed by atoms with Crippen molar-refractivity contribution in [2.24, 2.45) is 4.99 Å². The number of methoxy groups -OCH3 is 2. The van der Waals surface area contributed by atoms with Crippen molar-refractivity contribution in [3.8, 4) is 17.2 Å². The average molecular weight is 529 g/mol. The SMILES string of the molecule is CCNC(=NCC(O)c1cc(OC)ccc1OC)NCCCOc1ccccc1.I. The minimum Gasteiger partial charge on any atom is -0.497 e. The number of halogens is 1. The lowest BCUT2D eigenvalue weighted by Crippen LogP contribution is -2.38. The molecule has 7 nitrogen and oxygen atoms in total. The molecule has 0 heterocycles. The largest absolute Gasteiger partial charge is 0.497 e. The zero-order valence-electron chi connectivity index (χ0n) is 17.8. The Hall–Kier alpha value is -2.20. The van der Waals surface area contributed by atoms with Crippen LogP contribution in [0.1, 0.15) is 25.0 Å². The predicted molar refractivity (Wildman–Crippen MR) is 130 cm³/mol. The van der Waals surface area contributed by atoms with Gasteiger partial charge in [0.1, 0.15) is 23.4 Å². The molecule has 0 radical (unpaired) electrons. The Morgan fingerprint density at radius 3 is 2.47 bits per heavy atom. The maximum Gasteiger partial charge on any atom is 0.191 e. The minimum atomic E-state index is -0.808. The van der Waals surface area contributed by atoms with Crippen LogP contribution in [0, 0.1) is 0 Å². The van der Waals surface area contributed by atoms with Crippen LogP contribution in [0.15, 0.2) is 53.5 Å². The number of ether oxygens (including phenoxy) is 3. The number of aliphatic hydroxyl groups excluding tert-OH is 1. The second kappa shape index (κ2) is 14.7. The van der Waals surface area contributed by atoms with E-state index < -0.39 is 6.10 Å². The summed E-state index contributed by atoms with van der Waals surface area (Å²) in [6.07, 6.45) is 0.0166. The highest BCUT2D eigenvalue weighted by Gasteiger charge is 2.14. The van der Waals surface area contributed by atoms with Gasteiger partial charge in [0.25, 0.3) is 0 Å². The summed E-state index contributed by atoms with van der Waals surface area (Å²) < 4.78 is 16.3. The van der Waals surface area contributed by atoms with Crippen molar-refractivity contribution in [3.05, 3.63) is 54.1 Å². The highest BCUT2D eigenvalue weighted by atomic mass is 127. The van der Waals surface area contributed by atoms with Gasteiger partial charge < -0.3 is 30.0 Å². The molecule has 0 aromatic heterocycles. The van der Waals surface area contributed by atoms with Crippen molar-refractivity contribution in [1.82, 2.24) is 10.6 Å². The molecule has 166 valence electrons. The smallest absolute Gasteiger partial charge is 0.191 e. The van der Waals surface area contributed by atoms with E-state index >= 15 is 0 Å². The molecule has 0 saturated heterocycles. The van der Waals surface area contributed by atoms with Crippen molar-refractivity contribution in [1.29, 1.82) is 0 Å². The normalized spacial score (nSPS) is 11.8. The molecule has 3 N–H and O–H groups in total. The van der Waals surface area contributed by atoms with Gasteiger partial charge in [0.05, 0.1) is 27.4 Å². The van der Waals surface area contributed by atoms with Crippen molar-refractivity contribution >= 4 is 29.9 Å². The topological polar surface area (TPSA) is 84.3 Å². The van der Waals surface area contributed by atoms with Gasteiger partial charge in [0, 0.05) is 18.7 Å². The zero-order valence-corrected chi connectivity index (χ0v) is 20.1. The van der Waals surface area contributed by atoms with E-state index in [1.807, 2.05) is 37.3 Å². The average Bonchev–Trinajstić information content (AvgIpc) is 2.77. The highest BCUT2D eigenvalue weighted by Crippen LogP contribution is 2.29. The maximum atomic E-state index is 10.6. The first kappa shape index (κ1) is 25.8. The summed E-state index contributed by atoms with van der Waals surface area (Å²) in [6.45, 7) is 4.23. The molecule has 0 spiro atoms. The molecule has 0 aliphatic rings. The number of aliphatic hydroxyl groups is 1. The van der Waals surface area contributed by atoms with E-state index in [9.17, 15) is 5.11 Å². The highest BCUT2D eigenvalue weighted by molar-refractivity contribution is 14.0. The van der Waals surface area contributed by atoms with E-state index in [4.69, 9.17) is 14.2 Å². The van der Waals surface area contributed by atoms with Crippen LogP contribution in [0.2, 0.25) is 0 Å². The summed E-state index contributed by atoms with van der Waals surface area (Å²) in [7, 11) is 3.16. The van der Waals surface area contributed by atoms with Crippen LogP contribution < -0.4 is 24.8 Å². The van der Waals surface area contributed by atoms with Crippen LogP contribution in [-0.4, -0.2) is 51.5 Å². The number of nitrogens with zero attached hydrogens (tertiary/aromatic N) is 1. The van der Waals surface area contributed by atoms with Crippen LogP contribution in [0.5, 0.6) is 17.2 Å². The van der Waals surface area contributed by atoms with Crippen LogP contribution in [0.3, 0.4) is 0 Å². The standard InChI is InChI=1S/C22H31N3O4.HI/c1-4-23-22(24-13-8-14-29-17-9-6-5-7-10-17)25-16-20(26)19-15-18(27-2)11-12-21(19)28-3;/h5-7,9-12,15,20,26H,4,8,13-14,16H2,1-3H3,(H2,23,24,25);1H. The molecule has 0 aliphatic heterocycles. The Balaban J connectivity index is 0.00000450. The van der Waals surface area contributed by atoms with Crippen LogP contribution in [-0.2, 0) is 0 Å². The van der Waals surface area contributed by atoms with Gasteiger partial charge in [-0.05, 0) is 43.7 Å². The second-order valence-electron chi connectivity index (χ2n) is 6.29. The van der Waals surface area contributed by atoms with E-state index in [2.05, 4.69) is 15.6 Å². The van der Waals surface area contributed by atoms with Gasteiger partial charge in [0.15, 0.2) is 5.96 Å².